The summed E-state index contributed by atoms with van der Waals surface area (Å²) >= 11 is 1.45. The number of aromatic nitrogens is 2. The molecule has 5 heteroatoms. The molecule has 94 valence electrons. The van der Waals surface area contributed by atoms with E-state index in [0.717, 1.165) is 30.6 Å². The Balaban J connectivity index is 1.77. The molecule has 1 aromatic rings. The number of piperidine rings is 1. The highest BCUT2D eigenvalue weighted by molar-refractivity contribution is 7.09. The fraction of sp³-hybridized carbons (Fsp3) is 0.667. The first-order chi connectivity index (χ1) is 8.13. The molecule has 0 spiro atoms. The second kappa shape index (κ2) is 5.60. The molecule has 1 N–H and O–H groups in total. The third kappa shape index (κ3) is 3.78. The van der Waals surface area contributed by atoms with Gasteiger partial charge in [0.1, 0.15) is 5.82 Å². The van der Waals surface area contributed by atoms with E-state index in [-0.39, 0.29) is 0 Å². The molecule has 1 aliphatic heterocycles. The van der Waals surface area contributed by atoms with Crippen molar-refractivity contribution in [1.29, 1.82) is 0 Å². The highest BCUT2D eigenvalue weighted by Gasteiger charge is 2.19. The van der Waals surface area contributed by atoms with E-state index in [9.17, 15) is 0 Å². The average Bonchev–Trinajstić information content (AvgIpc) is 2.66. The zero-order valence-electron chi connectivity index (χ0n) is 10.6. The van der Waals surface area contributed by atoms with Crippen molar-refractivity contribution in [3.05, 3.63) is 18.0 Å². The van der Waals surface area contributed by atoms with Gasteiger partial charge in [0.15, 0.2) is 0 Å². The summed E-state index contributed by atoms with van der Waals surface area (Å²) in [7, 11) is 0. The summed E-state index contributed by atoms with van der Waals surface area (Å²) in [5, 5.41) is 4.43. The molecule has 0 aliphatic carbocycles. The maximum absolute atomic E-state index is 4.34. The fourth-order valence-electron chi connectivity index (χ4n) is 2.15. The van der Waals surface area contributed by atoms with Crippen molar-refractivity contribution in [2.45, 2.75) is 32.7 Å². The number of hydrogen-bond donors (Lipinski definition) is 1. The summed E-state index contributed by atoms with van der Waals surface area (Å²) in [6.45, 7) is 11.3. The monoisotopic (exact) mass is 252 g/mol. The lowest BCUT2D eigenvalue weighted by molar-refractivity contribution is 0.236. The van der Waals surface area contributed by atoms with Crippen molar-refractivity contribution in [3.63, 3.8) is 0 Å². The number of aryl methyl sites for hydroxylation is 1. The molecule has 1 saturated heterocycles. The van der Waals surface area contributed by atoms with Gasteiger partial charge in [0, 0.05) is 37.2 Å². The molecule has 0 radical (unpaired) electrons. The molecule has 0 bridgehead atoms. The summed E-state index contributed by atoms with van der Waals surface area (Å²) in [4.78, 5) is 6.80. The first-order valence-electron chi connectivity index (χ1n) is 6.07. The van der Waals surface area contributed by atoms with Crippen LogP contribution in [0, 0.1) is 6.92 Å². The number of nitrogens with zero attached hydrogens (tertiary/aromatic N) is 3. The Morgan fingerprint density at radius 3 is 2.76 bits per heavy atom. The molecule has 0 aromatic carbocycles. The van der Waals surface area contributed by atoms with Crippen LogP contribution in [-0.2, 0) is 0 Å². The summed E-state index contributed by atoms with van der Waals surface area (Å²) in [6, 6.07) is 0.545. The number of nitrogens with one attached hydrogen (secondary N) is 1. The van der Waals surface area contributed by atoms with E-state index in [4.69, 9.17) is 0 Å². The first kappa shape index (κ1) is 12.5. The quantitative estimate of drug-likeness (QED) is 0.835. The Bertz CT molecular complexity index is 380. The van der Waals surface area contributed by atoms with Gasteiger partial charge in [0.25, 0.3) is 0 Å². The Hall–Kier alpha value is -0.940. The van der Waals surface area contributed by atoms with E-state index in [0.29, 0.717) is 6.04 Å². The number of rotatable bonds is 4. The van der Waals surface area contributed by atoms with Crippen molar-refractivity contribution < 1.29 is 0 Å². The smallest absolute Gasteiger partial charge is 0.202 e. The normalized spacial score (nSPS) is 18.2. The Kier molecular flexibility index (Phi) is 4.12. The van der Waals surface area contributed by atoms with Crippen molar-refractivity contribution >= 4 is 16.7 Å². The van der Waals surface area contributed by atoms with Crippen molar-refractivity contribution in [2.75, 3.05) is 25.0 Å². The molecular formula is C12H20N4S. The van der Waals surface area contributed by atoms with E-state index in [2.05, 4.69) is 33.1 Å². The van der Waals surface area contributed by atoms with Gasteiger partial charge in [-0.2, -0.15) is 4.37 Å². The molecule has 1 fully saturated rings. The van der Waals surface area contributed by atoms with Crippen LogP contribution in [0.3, 0.4) is 0 Å². The van der Waals surface area contributed by atoms with Gasteiger partial charge in [0.2, 0.25) is 5.13 Å². The first-order valence-corrected chi connectivity index (χ1v) is 6.84. The van der Waals surface area contributed by atoms with Crippen LogP contribution in [0.5, 0.6) is 0 Å². The van der Waals surface area contributed by atoms with Gasteiger partial charge < -0.3 is 5.32 Å². The van der Waals surface area contributed by atoms with Gasteiger partial charge in [-0.05, 0) is 26.7 Å². The van der Waals surface area contributed by atoms with E-state index in [1.807, 2.05) is 6.92 Å². The Morgan fingerprint density at radius 1 is 1.53 bits per heavy atom. The maximum atomic E-state index is 4.34. The second-order valence-electron chi connectivity index (χ2n) is 4.80. The molecule has 2 rings (SSSR count). The third-order valence-corrected chi connectivity index (χ3v) is 3.67. The lowest BCUT2D eigenvalue weighted by Gasteiger charge is -2.32. The van der Waals surface area contributed by atoms with Crippen LogP contribution in [0.15, 0.2) is 12.2 Å². The third-order valence-electron chi connectivity index (χ3n) is 2.94. The van der Waals surface area contributed by atoms with Gasteiger partial charge in [0.05, 0.1) is 0 Å². The minimum Gasteiger partial charge on any atom is -0.357 e. The zero-order valence-corrected chi connectivity index (χ0v) is 11.4. The summed E-state index contributed by atoms with van der Waals surface area (Å²) in [5.74, 6) is 0.859. The Labute approximate surface area is 107 Å². The zero-order chi connectivity index (χ0) is 12.3. The maximum Gasteiger partial charge on any atom is 0.202 e. The van der Waals surface area contributed by atoms with Crippen molar-refractivity contribution in [1.82, 2.24) is 14.3 Å². The number of anilines is 1. The Morgan fingerprint density at radius 2 is 2.24 bits per heavy atom. The summed E-state index contributed by atoms with van der Waals surface area (Å²) < 4.78 is 4.18. The predicted molar refractivity (Wildman–Crippen MR) is 72.5 cm³/mol. The molecule has 0 atom stereocenters. The van der Waals surface area contributed by atoms with Crippen LogP contribution >= 0.6 is 11.5 Å². The van der Waals surface area contributed by atoms with E-state index in [1.165, 1.54) is 29.9 Å². The molecule has 2 heterocycles. The molecular weight excluding hydrogens is 232 g/mol. The average molecular weight is 252 g/mol. The molecule has 0 unspecified atom stereocenters. The molecule has 1 aromatic heterocycles. The molecule has 4 nitrogen and oxygen atoms in total. The largest absolute Gasteiger partial charge is 0.357 e. The molecule has 0 amide bonds. The predicted octanol–water partition coefficient (Wildman–Crippen LogP) is 2.30. The molecule has 17 heavy (non-hydrogen) atoms. The molecule has 1 aliphatic rings. The van der Waals surface area contributed by atoms with Gasteiger partial charge in [-0.15, -0.1) is 0 Å². The van der Waals surface area contributed by atoms with Crippen LogP contribution in [-0.4, -0.2) is 39.9 Å². The van der Waals surface area contributed by atoms with Crippen molar-refractivity contribution in [2.24, 2.45) is 0 Å². The van der Waals surface area contributed by atoms with Crippen LogP contribution < -0.4 is 5.32 Å². The van der Waals surface area contributed by atoms with E-state index in [1.54, 1.807) is 0 Å². The van der Waals surface area contributed by atoms with E-state index >= 15 is 0 Å². The summed E-state index contributed by atoms with van der Waals surface area (Å²) in [5.41, 5.74) is 1.25. The molecule has 0 saturated carbocycles. The highest BCUT2D eigenvalue weighted by atomic mass is 32.1. The van der Waals surface area contributed by atoms with Gasteiger partial charge in [-0.25, -0.2) is 4.98 Å². The topological polar surface area (TPSA) is 41.0 Å². The SMILES string of the molecule is C=C(C)CN1CCC(Nc2nc(C)ns2)CC1. The number of hydrogen-bond acceptors (Lipinski definition) is 5. The minimum absolute atomic E-state index is 0.545. The summed E-state index contributed by atoms with van der Waals surface area (Å²) in [6.07, 6.45) is 2.35. The van der Waals surface area contributed by atoms with Gasteiger partial charge in [-0.1, -0.05) is 12.2 Å². The second-order valence-corrected chi connectivity index (χ2v) is 5.55. The lowest BCUT2D eigenvalue weighted by Crippen LogP contribution is -2.39. The lowest BCUT2D eigenvalue weighted by atomic mass is 10.0. The van der Waals surface area contributed by atoms with Gasteiger partial charge >= 0.3 is 0 Å². The van der Waals surface area contributed by atoms with Crippen LogP contribution in [0.1, 0.15) is 25.6 Å². The van der Waals surface area contributed by atoms with Crippen molar-refractivity contribution in [3.8, 4) is 0 Å². The minimum atomic E-state index is 0.545. The fourth-order valence-corrected chi connectivity index (χ4v) is 2.80. The van der Waals surface area contributed by atoms with Crippen LogP contribution in [0.2, 0.25) is 0 Å². The van der Waals surface area contributed by atoms with Crippen LogP contribution in [0.25, 0.3) is 0 Å². The highest BCUT2D eigenvalue weighted by Crippen LogP contribution is 2.18. The number of likely N-dealkylation sites (tertiary alicyclic amines) is 1. The van der Waals surface area contributed by atoms with Crippen LogP contribution in [0.4, 0.5) is 5.13 Å². The van der Waals surface area contributed by atoms with E-state index < -0.39 is 0 Å². The van der Waals surface area contributed by atoms with Gasteiger partial charge in [-0.3, -0.25) is 4.90 Å². The standard InChI is InChI=1S/C12H20N4S/c1-9(2)8-16-6-4-11(5-7-16)14-12-13-10(3)15-17-12/h11H,1,4-8H2,2-3H3,(H,13,14,15).